The molecule has 1 heterocycles. The van der Waals surface area contributed by atoms with Gasteiger partial charge in [0.15, 0.2) is 0 Å². The lowest BCUT2D eigenvalue weighted by molar-refractivity contribution is -0.136. The number of benzene rings is 2. The summed E-state index contributed by atoms with van der Waals surface area (Å²) in [5.41, 5.74) is 4.34. The quantitative estimate of drug-likeness (QED) is 0.751. The summed E-state index contributed by atoms with van der Waals surface area (Å²) < 4.78 is 23.8. The first-order valence-corrected chi connectivity index (χ1v) is 9.15. The van der Waals surface area contributed by atoms with Crippen molar-refractivity contribution in [3.63, 3.8) is 0 Å². The summed E-state index contributed by atoms with van der Waals surface area (Å²) in [5.74, 6) is -0.287. The molecule has 1 aliphatic heterocycles. The highest BCUT2D eigenvalue weighted by molar-refractivity contribution is 5.95. The van der Waals surface area contributed by atoms with Crippen LogP contribution in [0.15, 0.2) is 47.7 Å². The van der Waals surface area contributed by atoms with Gasteiger partial charge in [-0.3, -0.25) is 0 Å². The number of rotatable bonds is 5. The van der Waals surface area contributed by atoms with Crippen molar-refractivity contribution < 1.29 is 23.5 Å². The molecule has 2 aromatic carbocycles. The zero-order chi connectivity index (χ0) is 21.1. The maximum atomic E-state index is 13.1. The van der Waals surface area contributed by atoms with E-state index in [0.29, 0.717) is 17.0 Å². The molecule has 6 nitrogen and oxygen atoms in total. The minimum absolute atomic E-state index is 0.265. The summed E-state index contributed by atoms with van der Waals surface area (Å²) in [6, 6.07) is 8.70. The molecule has 3 rings (SSSR count). The average Bonchev–Trinajstić information content (AvgIpc) is 2.68. The standard InChI is InChI=1S/C22H23FN2O4/c1-12-9-15(11-29-17-7-5-16(23)6-8-17)13(2)18(10-12)20-19(21(26)28-4)14(3)24-22(27)25-20/h5-10,20H,11H2,1-4H3,(H2,24,25,27). The van der Waals surface area contributed by atoms with Gasteiger partial charge in [0.25, 0.3) is 0 Å². The molecule has 2 N–H and O–H groups in total. The third-order valence-electron chi connectivity index (χ3n) is 4.89. The van der Waals surface area contributed by atoms with Crippen molar-refractivity contribution in [3.8, 4) is 5.75 Å². The number of amides is 2. The lowest BCUT2D eigenvalue weighted by atomic mass is 9.89. The molecule has 1 aliphatic rings. The topological polar surface area (TPSA) is 76.7 Å². The summed E-state index contributed by atoms with van der Waals surface area (Å²) in [7, 11) is 1.31. The maximum Gasteiger partial charge on any atom is 0.337 e. The van der Waals surface area contributed by atoms with Crippen LogP contribution in [0.2, 0.25) is 0 Å². The van der Waals surface area contributed by atoms with Crippen LogP contribution in [0.5, 0.6) is 5.75 Å². The highest BCUT2D eigenvalue weighted by Crippen LogP contribution is 2.32. The number of methoxy groups -OCH3 is 1. The molecule has 0 saturated heterocycles. The second kappa shape index (κ2) is 8.34. The number of allylic oxidation sites excluding steroid dienone is 1. The lowest BCUT2D eigenvalue weighted by Gasteiger charge is -2.29. The second-order valence-electron chi connectivity index (χ2n) is 6.94. The van der Waals surface area contributed by atoms with E-state index in [1.807, 2.05) is 26.0 Å². The zero-order valence-electron chi connectivity index (χ0n) is 16.8. The molecule has 0 radical (unpaired) electrons. The van der Waals surface area contributed by atoms with Gasteiger partial charge < -0.3 is 20.1 Å². The number of carbonyl (C=O) groups excluding carboxylic acids is 2. The van der Waals surface area contributed by atoms with Gasteiger partial charge in [-0.1, -0.05) is 17.7 Å². The third kappa shape index (κ3) is 4.39. The van der Waals surface area contributed by atoms with Crippen molar-refractivity contribution in [2.45, 2.75) is 33.4 Å². The van der Waals surface area contributed by atoms with Gasteiger partial charge in [0, 0.05) is 5.70 Å². The first-order chi connectivity index (χ1) is 13.8. The molecule has 7 heteroatoms. The molecule has 2 amide bonds. The van der Waals surface area contributed by atoms with Gasteiger partial charge in [-0.25, -0.2) is 14.0 Å². The molecule has 1 atom stereocenters. The van der Waals surface area contributed by atoms with Crippen molar-refractivity contribution in [2.75, 3.05) is 7.11 Å². The van der Waals surface area contributed by atoms with E-state index >= 15 is 0 Å². The number of nitrogens with one attached hydrogen (secondary N) is 2. The molecular weight excluding hydrogens is 375 g/mol. The Labute approximate surface area is 168 Å². The Morgan fingerprint density at radius 1 is 1.14 bits per heavy atom. The second-order valence-corrected chi connectivity index (χ2v) is 6.94. The van der Waals surface area contributed by atoms with Crippen molar-refractivity contribution >= 4 is 12.0 Å². The number of esters is 1. The molecule has 29 heavy (non-hydrogen) atoms. The summed E-state index contributed by atoms with van der Waals surface area (Å²) in [6.45, 7) is 5.78. The first kappa shape index (κ1) is 20.4. The fourth-order valence-electron chi connectivity index (χ4n) is 3.41. The van der Waals surface area contributed by atoms with Gasteiger partial charge in [0.1, 0.15) is 18.2 Å². The van der Waals surface area contributed by atoms with E-state index in [1.165, 1.54) is 19.2 Å². The molecule has 0 aliphatic carbocycles. The van der Waals surface area contributed by atoms with Gasteiger partial charge >= 0.3 is 12.0 Å². The minimum atomic E-state index is -0.638. The van der Waals surface area contributed by atoms with Crippen molar-refractivity contribution in [1.29, 1.82) is 0 Å². The predicted molar refractivity (Wildman–Crippen MR) is 106 cm³/mol. The van der Waals surface area contributed by atoms with Crippen LogP contribution in [0.1, 0.15) is 35.2 Å². The van der Waals surface area contributed by atoms with Gasteiger partial charge in [0.2, 0.25) is 0 Å². The van der Waals surface area contributed by atoms with Crippen LogP contribution in [0.4, 0.5) is 9.18 Å². The average molecular weight is 398 g/mol. The van der Waals surface area contributed by atoms with Crippen LogP contribution in [-0.4, -0.2) is 19.1 Å². The lowest BCUT2D eigenvalue weighted by Crippen LogP contribution is -2.45. The molecule has 0 spiro atoms. The molecule has 1 unspecified atom stereocenters. The van der Waals surface area contributed by atoms with E-state index in [4.69, 9.17) is 9.47 Å². The van der Waals surface area contributed by atoms with E-state index in [2.05, 4.69) is 10.6 Å². The number of ether oxygens (including phenoxy) is 2. The summed E-state index contributed by atoms with van der Waals surface area (Å²) in [5, 5.41) is 5.43. The molecule has 0 aromatic heterocycles. The highest BCUT2D eigenvalue weighted by Gasteiger charge is 2.33. The maximum absolute atomic E-state index is 13.1. The van der Waals surface area contributed by atoms with E-state index in [0.717, 1.165) is 22.3 Å². The smallest absolute Gasteiger partial charge is 0.337 e. The predicted octanol–water partition coefficient (Wildman–Crippen LogP) is 3.82. The Balaban J connectivity index is 1.97. The van der Waals surface area contributed by atoms with Crippen LogP contribution in [0.3, 0.4) is 0 Å². The number of halogens is 1. The largest absolute Gasteiger partial charge is 0.489 e. The molecule has 0 fully saturated rings. The number of hydrogen-bond acceptors (Lipinski definition) is 4. The number of hydrogen-bond donors (Lipinski definition) is 2. The normalized spacial score (nSPS) is 16.2. The van der Waals surface area contributed by atoms with E-state index in [1.54, 1.807) is 19.1 Å². The monoisotopic (exact) mass is 398 g/mol. The Bertz CT molecular complexity index is 983. The fraction of sp³-hybridized carbons (Fsp3) is 0.273. The number of carbonyl (C=O) groups is 2. The SMILES string of the molecule is COC(=O)C1=C(C)NC(=O)NC1c1cc(C)cc(COc2ccc(F)cc2)c1C. The van der Waals surface area contributed by atoms with E-state index in [9.17, 15) is 14.0 Å². The molecule has 0 bridgehead atoms. The van der Waals surface area contributed by atoms with E-state index < -0.39 is 12.0 Å². The molecular formula is C22H23FN2O4. The van der Waals surface area contributed by atoms with Crippen molar-refractivity contribution in [2.24, 2.45) is 0 Å². The Kier molecular flexibility index (Phi) is 5.87. The highest BCUT2D eigenvalue weighted by atomic mass is 19.1. The summed E-state index contributed by atoms with van der Waals surface area (Å²) in [6.07, 6.45) is 0. The van der Waals surface area contributed by atoms with Gasteiger partial charge in [0.05, 0.1) is 18.7 Å². The van der Waals surface area contributed by atoms with Crippen molar-refractivity contribution in [1.82, 2.24) is 10.6 Å². The first-order valence-electron chi connectivity index (χ1n) is 9.15. The molecule has 2 aromatic rings. The Morgan fingerprint density at radius 3 is 2.48 bits per heavy atom. The van der Waals surface area contributed by atoms with Gasteiger partial charge in [-0.05, 0) is 61.7 Å². The third-order valence-corrected chi connectivity index (χ3v) is 4.89. The summed E-state index contributed by atoms with van der Waals surface area (Å²) in [4.78, 5) is 24.4. The van der Waals surface area contributed by atoms with Crippen LogP contribution < -0.4 is 15.4 Å². The van der Waals surface area contributed by atoms with E-state index in [-0.39, 0.29) is 18.5 Å². The Hall–Kier alpha value is -3.35. The van der Waals surface area contributed by atoms with Gasteiger partial charge in [-0.15, -0.1) is 0 Å². The Morgan fingerprint density at radius 2 is 1.83 bits per heavy atom. The number of aryl methyl sites for hydroxylation is 1. The van der Waals surface area contributed by atoms with Gasteiger partial charge in [-0.2, -0.15) is 0 Å². The van der Waals surface area contributed by atoms with Crippen LogP contribution >= 0.6 is 0 Å². The minimum Gasteiger partial charge on any atom is -0.489 e. The summed E-state index contributed by atoms with van der Waals surface area (Å²) >= 11 is 0. The number of urea groups is 1. The molecule has 0 saturated carbocycles. The fourth-order valence-corrected chi connectivity index (χ4v) is 3.41. The van der Waals surface area contributed by atoms with Crippen molar-refractivity contribution in [3.05, 3.63) is 75.7 Å². The van der Waals surface area contributed by atoms with Crippen LogP contribution in [-0.2, 0) is 16.1 Å². The zero-order valence-corrected chi connectivity index (χ0v) is 16.8. The van der Waals surface area contributed by atoms with Crippen LogP contribution in [0, 0.1) is 19.7 Å². The van der Waals surface area contributed by atoms with Crippen LogP contribution in [0.25, 0.3) is 0 Å². The molecule has 152 valence electrons.